The Morgan fingerprint density at radius 2 is 2.04 bits per heavy atom. The molecule has 148 valence electrons. The van der Waals surface area contributed by atoms with Crippen molar-refractivity contribution in [3.8, 4) is 10.6 Å². The van der Waals surface area contributed by atoms with Crippen molar-refractivity contribution in [1.29, 1.82) is 0 Å². The molecule has 2 heterocycles. The molecule has 3 aromatic rings. The summed E-state index contributed by atoms with van der Waals surface area (Å²) in [7, 11) is 5.59. The molecular weight excluding hydrogens is 394 g/mol. The number of hydrogen-bond donors (Lipinski definition) is 1. The van der Waals surface area contributed by atoms with Crippen LogP contribution in [0.25, 0.3) is 20.8 Å². The maximum Gasteiger partial charge on any atom is 0.228 e. The number of anilines is 2. The maximum absolute atomic E-state index is 6.63. The number of hydrogen-bond acceptors (Lipinski definition) is 7. The summed E-state index contributed by atoms with van der Waals surface area (Å²) in [5, 5.41) is 4.89. The van der Waals surface area contributed by atoms with Crippen LogP contribution in [0.4, 0.5) is 11.8 Å². The molecule has 1 unspecified atom stereocenters. The number of fused-ring (bicyclic) bond motifs is 1. The molecule has 2 atom stereocenters. The number of ether oxygens (including phenoxy) is 1. The molecule has 1 aromatic carbocycles. The fourth-order valence-corrected chi connectivity index (χ4v) is 5.01. The zero-order valence-electron chi connectivity index (χ0n) is 16.3. The monoisotopic (exact) mass is 417 g/mol. The highest BCUT2D eigenvalue weighted by Gasteiger charge is 2.27. The Labute approximate surface area is 173 Å². The molecule has 0 bridgehead atoms. The number of thiazole rings is 1. The topological polar surface area (TPSA) is 63.2 Å². The number of nitrogens with one attached hydrogen (secondary N) is 1. The van der Waals surface area contributed by atoms with Gasteiger partial charge in [0.15, 0.2) is 0 Å². The number of methoxy groups -OCH3 is 1. The molecule has 1 N–H and O–H groups in total. The summed E-state index contributed by atoms with van der Waals surface area (Å²) < 4.78 is 6.45. The summed E-state index contributed by atoms with van der Waals surface area (Å²) in [6, 6.07) is 8.43. The molecule has 4 rings (SSSR count). The standard InChI is InChI=1S/C20H24ClN5OS/c1-26(2)20-24-17(21)16(19-23-14-6-4-5-7-15(14)28-19)18(25-20)22-13-9-8-12(10-13)11-27-3/h4-7,12-13H,8-11H2,1-3H3,(H,22,24,25)/t12?,13-/m0/s1. The smallest absolute Gasteiger partial charge is 0.228 e. The van der Waals surface area contributed by atoms with E-state index < -0.39 is 0 Å². The lowest BCUT2D eigenvalue weighted by atomic mass is 10.1. The summed E-state index contributed by atoms with van der Waals surface area (Å²) in [6.07, 6.45) is 3.31. The fraction of sp³-hybridized carbons (Fsp3) is 0.450. The first kappa shape index (κ1) is 19.4. The minimum atomic E-state index is 0.342. The van der Waals surface area contributed by atoms with Crippen LogP contribution in [0.5, 0.6) is 0 Å². The normalized spacial score (nSPS) is 19.3. The maximum atomic E-state index is 6.63. The average Bonchev–Trinajstić information content (AvgIpc) is 3.28. The second-order valence-electron chi connectivity index (χ2n) is 7.39. The quantitative estimate of drug-likeness (QED) is 0.586. The van der Waals surface area contributed by atoms with E-state index in [1.165, 1.54) is 0 Å². The summed E-state index contributed by atoms with van der Waals surface area (Å²) in [6.45, 7) is 0.802. The van der Waals surface area contributed by atoms with Crippen molar-refractivity contribution in [2.75, 3.05) is 38.0 Å². The zero-order chi connectivity index (χ0) is 19.7. The summed E-state index contributed by atoms with van der Waals surface area (Å²) in [5.41, 5.74) is 1.74. The molecule has 0 aliphatic heterocycles. The summed E-state index contributed by atoms with van der Waals surface area (Å²) >= 11 is 8.24. The minimum Gasteiger partial charge on any atom is -0.384 e. The lowest BCUT2D eigenvalue weighted by Crippen LogP contribution is -2.20. The van der Waals surface area contributed by atoms with Crippen molar-refractivity contribution < 1.29 is 4.74 Å². The number of nitrogens with zero attached hydrogens (tertiary/aromatic N) is 4. The van der Waals surface area contributed by atoms with Gasteiger partial charge in [-0.2, -0.15) is 4.98 Å². The van der Waals surface area contributed by atoms with Crippen molar-refractivity contribution in [2.24, 2.45) is 5.92 Å². The highest BCUT2D eigenvalue weighted by atomic mass is 35.5. The first-order valence-corrected chi connectivity index (χ1v) is 10.6. The van der Waals surface area contributed by atoms with Gasteiger partial charge >= 0.3 is 0 Å². The van der Waals surface area contributed by atoms with Crippen molar-refractivity contribution in [3.05, 3.63) is 29.4 Å². The van der Waals surface area contributed by atoms with Gasteiger partial charge in [-0.3, -0.25) is 0 Å². The van der Waals surface area contributed by atoms with Gasteiger partial charge in [-0.05, 0) is 37.3 Å². The predicted octanol–water partition coefficient (Wildman–Crippen LogP) is 4.70. The van der Waals surface area contributed by atoms with Crippen LogP contribution >= 0.6 is 22.9 Å². The van der Waals surface area contributed by atoms with Crippen LogP contribution in [0.1, 0.15) is 19.3 Å². The van der Waals surface area contributed by atoms with Crippen LogP contribution < -0.4 is 10.2 Å². The van der Waals surface area contributed by atoms with E-state index in [0.717, 1.165) is 52.5 Å². The second kappa shape index (κ2) is 8.19. The van der Waals surface area contributed by atoms with Crippen LogP contribution in [0.2, 0.25) is 5.15 Å². The fourth-order valence-electron chi connectivity index (χ4n) is 3.68. The second-order valence-corrected chi connectivity index (χ2v) is 8.78. The molecule has 1 aliphatic carbocycles. The van der Waals surface area contributed by atoms with E-state index in [9.17, 15) is 0 Å². The van der Waals surface area contributed by atoms with Crippen LogP contribution in [-0.4, -0.2) is 48.8 Å². The van der Waals surface area contributed by atoms with E-state index in [1.807, 2.05) is 37.2 Å². The van der Waals surface area contributed by atoms with E-state index in [-0.39, 0.29) is 0 Å². The first-order valence-electron chi connectivity index (χ1n) is 9.41. The Kier molecular flexibility index (Phi) is 5.66. The Hall–Kier alpha value is -1.96. The van der Waals surface area contributed by atoms with Crippen LogP contribution in [-0.2, 0) is 4.74 Å². The minimum absolute atomic E-state index is 0.342. The lowest BCUT2D eigenvalue weighted by molar-refractivity contribution is 0.154. The van der Waals surface area contributed by atoms with Gasteiger partial charge < -0.3 is 15.0 Å². The Morgan fingerprint density at radius 3 is 2.79 bits per heavy atom. The van der Waals surface area contributed by atoms with Crippen molar-refractivity contribution in [2.45, 2.75) is 25.3 Å². The van der Waals surface area contributed by atoms with Gasteiger partial charge in [0, 0.05) is 33.9 Å². The van der Waals surface area contributed by atoms with E-state index in [4.69, 9.17) is 26.3 Å². The Balaban J connectivity index is 1.72. The largest absolute Gasteiger partial charge is 0.384 e. The average molecular weight is 418 g/mol. The molecule has 0 spiro atoms. The van der Waals surface area contributed by atoms with Gasteiger partial charge in [-0.1, -0.05) is 23.7 Å². The van der Waals surface area contributed by atoms with Gasteiger partial charge in [-0.15, -0.1) is 11.3 Å². The van der Waals surface area contributed by atoms with Crippen molar-refractivity contribution in [3.63, 3.8) is 0 Å². The number of aromatic nitrogens is 3. The van der Waals surface area contributed by atoms with Crippen LogP contribution in [0.3, 0.4) is 0 Å². The molecular formula is C20H24ClN5OS. The summed E-state index contributed by atoms with van der Waals surface area (Å²) in [5.74, 6) is 1.92. The highest BCUT2D eigenvalue weighted by Crippen LogP contribution is 2.40. The molecule has 6 nitrogen and oxygen atoms in total. The van der Waals surface area contributed by atoms with Gasteiger partial charge in [0.2, 0.25) is 5.95 Å². The molecule has 0 amide bonds. The molecule has 1 saturated carbocycles. The Morgan fingerprint density at radius 1 is 1.21 bits per heavy atom. The summed E-state index contributed by atoms with van der Waals surface area (Å²) in [4.78, 5) is 15.9. The van der Waals surface area contributed by atoms with E-state index in [1.54, 1.807) is 18.4 Å². The number of rotatable bonds is 6. The third-order valence-corrected chi connectivity index (χ3v) is 6.37. The lowest BCUT2D eigenvalue weighted by Gasteiger charge is -2.19. The molecule has 28 heavy (non-hydrogen) atoms. The predicted molar refractivity (Wildman–Crippen MR) is 117 cm³/mol. The molecule has 0 radical (unpaired) electrons. The van der Waals surface area contributed by atoms with Crippen LogP contribution in [0, 0.1) is 5.92 Å². The van der Waals surface area contributed by atoms with E-state index in [2.05, 4.69) is 16.4 Å². The van der Waals surface area contributed by atoms with Gasteiger partial charge in [0.05, 0.1) is 15.8 Å². The first-order chi connectivity index (χ1) is 13.5. The van der Waals surface area contributed by atoms with Gasteiger partial charge in [0.1, 0.15) is 16.0 Å². The highest BCUT2D eigenvalue weighted by molar-refractivity contribution is 7.21. The Bertz CT molecular complexity index is 943. The molecule has 1 aliphatic rings. The molecule has 2 aromatic heterocycles. The number of halogens is 1. The van der Waals surface area contributed by atoms with Crippen molar-refractivity contribution in [1.82, 2.24) is 15.0 Å². The van der Waals surface area contributed by atoms with E-state index in [0.29, 0.717) is 23.1 Å². The third-order valence-electron chi connectivity index (χ3n) is 5.05. The van der Waals surface area contributed by atoms with E-state index >= 15 is 0 Å². The molecule has 1 fully saturated rings. The number of para-hydroxylation sites is 1. The zero-order valence-corrected chi connectivity index (χ0v) is 17.8. The third kappa shape index (κ3) is 3.92. The number of benzene rings is 1. The molecule has 0 saturated heterocycles. The van der Waals surface area contributed by atoms with Gasteiger partial charge in [-0.25, -0.2) is 9.97 Å². The van der Waals surface area contributed by atoms with Gasteiger partial charge in [0.25, 0.3) is 0 Å². The SMILES string of the molecule is COCC1CC[C@H](Nc2nc(N(C)C)nc(Cl)c2-c2nc3ccccc3s2)C1. The molecule has 8 heteroatoms. The van der Waals surface area contributed by atoms with Crippen LogP contribution in [0.15, 0.2) is 24.3 Å². The van der Waals surface area contributed by atoms with Crippen molar-refractivity contribution >= 4 is 44.9 Å².